The van der Waals surface area contributed by atoms with E-state index in [0.717, 1.165) is 10.7 Å². The summed E-state index contributed by atoms with van der Waals surface area (Å²) in [4.78, 5) is 13.1. The summed E-state index contributed by atoms with van der Waals surface area (Å²) in [5.41, 5.74) is 0.557. The van der Waals surface area contributed by atoms with Gasteiger partial charge < -0.3 is 10.1 Å². The van der Waals surface area contributed by atoms with E-state index in [0.29, 0.717) is 18.4 Å². The third kappa shape index (κ3) is 3.41. The molecule has 0 amide bonds. The number of aromatic nitrogens is 3. The van der Waals surface area contributed by atoms with Crippen molar-refractivity contribution in [1.82, 2.24) is 15.0 Å². The number of nitrogens with one attached hydrogen (secondary N) is 1. The lowest BCUT2D eigenvalue weighted by Crippen LogP contribution is -2.29. The van der Waals surface area contributed by atoms with Gasteiger partial charge in [0, 0.05) is 23.3 Å². The van der Waals surface area contributed by atoms with E-state index in [-0.39, 0.29) is 5.54 Å². The molecule has 0 aromatic carbocycles. The first-order valence-corrected chi connectivity index (χ1v) is 7.06. The molecule has 1 N–H and O–H groups in total. The number of aryl methyl sites for hydroxylation is 1. The third-order valence-electron chi connectivity index (χ3n) is 2.51. The van der Waals surface area contributed by atoms with Crippen LogP contribution in [0.1, 0.15) is 31.5 Å². The van der Waals surface area contributed by atoms with E-state index in [1.54, 1.807) is 17.5 Å². The smallest absolute Gasteiger partial charge is 0.226 e. The van der Waals surface area contributed by atoms with E-state index in [1.807, 2.05) is 25.3 Å². The lowest BCUT2D eigenvalue weighted by atomic mass is 10.1. The minimum atomic E-state index is -0.314. The fourth-order valence-corrected chi connectivity index (χ4v) is 2.40. The maximum absolute atomic E-state index is 5.43. The first-order chi connectivity index (χ1) is 9.01. The van der Waals surface area contributed by atoms with Gasteiger partial charge in [0.25, 0.3) is 0 Å². The van der Waals surface area contributed by atoms with Crippen molar-refractivity contribution in [3.05, 3.63) is 28.3 Å². The molecule has 102 valence electrons. The van der Waals surface area contributed by atoms with Crippen LogP contribution in [0.4, 0.5) is 5.95 Å². The molecule has 0 aliphatic heterocycles. The SMILES string of the molecule is CCOc1cc(C)nc(NC(C)(C)c2nccs2)n1. The monoisotopic (exact) mass is 278 g/mol. The van der Waals surface area contributed by atoms with E-state index < -0.39 is 0 Å². The van der Waals surface area contributed by atoms with Crippen LogP contribution >= 0.6 is 11.3 Å². The van der Waals surface area contributed by atoms with E-state index in [9.17, 15) is 0 Å². The maximum atomic E-state index is 5.43. The standard InChI is InChI=1S/C13H18N4OS/c1-5-18-10-8-9(2)15-12(16-10)17-13(3,4)11-14-6-7-19-11/h6-8H,5H2,1-4H3,(H,15,16,17). The number of hydrogen-bond donors (Lipinski definition) is 1. The van der Waals surface area contributed by atoms with E-state index in [1.165, 1.54) is 0 Å². The Labute approximate surface area is 117 Å². The van der Waals surface area contributed by atoms with Gasteiger partial charge in [0.1, 0.15) is 5.01 Å². The predicted octanol–water partition coefficient (Wildman–Crippen LogP) is 2.99. The van der Waals surface area contributed by atoms with Crippen LogP contribution in [-0.4, -0.2) is 21.6 Å². The normalized spacial score (nSPS) is 11.4. The average Bonchev–Trinajstić information content (AvgIpc) is 2.81. The predicted molar refractivity (Wildman–Crippen MR) is 76.7 cm³/mol. The summed E-state index contributed by atoms with van der Waals surface area (Å²) in [6, 6.07) is 1.82. The number of thiazole rings is 1. The minimum absolute atomic E-state index is 0.314. The number of ether oxygens (including phenoxy) is 1. The van der Waals surface area contributed by atoms with Gasteiger partial charge in [-0.2, -0.15) is 4.98 Å². The second-order valence-corrected chi connectivity index (χ2v) is 5.59. The van der Waals surface area contributed by atoms with Crippen molar-refractivity contribution in [1.29, 1.82) is 0 Å². The molecule has 5 nitrogen and oxygen atoms in total. The zero-order chi connectivity index (χ0) is 13.9. The highest BCUT2D eigenvalue weighted by atomic mass is 32.1. The molecule has 0 radical (unpaired) electrons. The van der Waals surface area contributed by atoms with Crippen molar-refractivity contribution in [2.75, 3.05) is 11.9 Å². The van der Waals surface area contributed by atoms with Crippen molar-refractivity contribution < 1.29 is 4.74 Å². The third-order valence-corrected chi connectivity index (χ3v) is 3.61. The van der Waals surface area contributed by atoms with Gasteiger partial charge >= 0.3 is 0 Å². The summed E-state index contributed by atoms with van der Waals surface area (Å²) >= 11 is 1.61. The van der Waals surface area contributed by atoms with E-state index in [2.05, 4.69) is 34.1 Å². The molecule has 2 aromatic rings. The number of nitrogens with zero attached hydrogens (tertiary/aromatic N) is 3. The Morgan fingerprint density at radius 2 is 2.16 bits per heavy atom. The lowest BCUT2D eigenvalue weighted by molar-refractivity contribution is 0.326. The average molecular weight is 278 g/mol. The first-order valence-electron chi connectivity index (χ1n) is 6.18. The molecule has 0 unspecified atom stereocenters. The van der Waals surface area contributed by atoms with Gasteiger partial charge in [0.15, 0.2) is 0 Å². The van der Waals surface area contributed by atoms with Crippen molar-refractivity contribution in [2.24, 2.45) is 0 Å². The molecule has 0 aliphatic carbocycles. The summed E-state index contributed by atoms with van der Waals surface area (Å²) in [6.07, 6.45) is 1.80. The van der Waals surface area contributed by atoms with Gasteiger partial charge in [-0.25, -0.2) is 9.97 Å². The molecule has 0 fully saturated rings. The molecule has 2 aromatic heterocycles. The number of anilines is 1. The van der Waals surface area contributed by atoms with E-state index >= 15 is 0 Å². The van der Waals surface area contributed by atoms with Crippen LogP contribution in [0.15, 0.2) is 17.6 Å². The van der Waals surface area contributed by atoms with Crippen LogP contribution in [0.3, 0.4) is 0 Å². The van der Waals surface area contributed by atoms with Crippen molar-refractivity contribution in [3.63, 3.8) is 0 Å². The van der Waals surface area contributed by atoms with Gasteiger partial charge in [-0.15, -0.1) is 11.3 Å². The molecule has 0 saturated heterocycles. The Balaban J connectivity index is 2.23. The molecular formula is C13H18N4OS. The zero-order valence-corrected chi connectivity index (χ0v) is 12.4. The van der Waals surface area contributed by atoms with Crippen molar-refractivity contribution in [3.8, 4) is 5.88 Å². The van der Waals surface area contributed by atoms with Gasteiger partial charge in [-0.3, -0.25) is 0 Å². The van der Waals surface area contributed by atoms with Crippen LogP contribution in [0, 0.1) is 6.92 Å². The molecule has 0 spiro atoms. The quantitative estimate of drug-likeness (QED) is 0.911. The second-order valence-electron chi connectivity index (χ2n) is 4.69. The van der Waals surface area contributed by atoms with Gasteiger partial charge in [0.2, 0.25) is 11.8 Å². The summed E-state index contributed by atoms with van der Waals surface area (Å²) < 4.78 is 5.43. The first kappa shape index (κ1) is 13.7. The molecule has 0 saturated carbocycles. The summed E-state index contributed by atoms with van der Waals surface area (Å²) in [5.74, 6) is 1.15. The summed E-state index contributed by atoms with van der Waals surface area (Å²) in [7, 11) is 0. The largest absolute Gasteiger partial charge is 0.478 e. The second kappa shape index (κ2) is 5.52. The molecule has 6 heteroatoms. The highest BCUT2D eigenvalue weighted by molar-refractivity contribution is 7.09. The van der Waals surface area contributed by atoms with Crippen LogP contribution < -0.4 is 10.1 Å². The van der Waals surface area contributed by atoms with Gasteiger partial charge in [-0.05, 0) is 27.7 Å². The molecule has 2 heterocycles. The summed E-state index contributed by atoms with van der Waals surface area (Å²) in [6.45, 7) is 8.55. The lowest BCUT2D eigenvalue weighted by Gasteiger charge is -2.24. The van der Waals surface area contributed by atoms with Crippen LogP contribution in [-0.2, 0) is 5.54 Å². The van der Waals surface area contributed by atoms with Gasteiger partial charge in [0.05, 0.1) is 12.1 Å². The Bertz CT molecular complexity index is 540. The summed E-state index contributed by atoms with van der Waals surface area (Å²) in [5, 5.41) is 6.26. The Hall–Kier alpha value is -1.69. The molecular weight excluding hydrogens is 260 g/mol. The number of rotatable bonds is 5. The van der Waals surface area contributed by atoms with Crippen molar-refractivity contribution >= 4 is 17.3 Å². The highest BCUT2D eigenvalue weighted by Crippen LogP contribution is 2.26. The Morgan fingerprint density at radius 1 is 1.37 bits per heavy atom. The Kier molecular flexibility index (Phi) is 3.99. The zero-order valence-electron chi connectivity index (χ0n) is 11.6. The Morgan fingerprint density at radius 3 is 2.79 bits per heavy atom. The van der Waals surface area contributed by atoms with Crippen LogP contribution in [0.25, 0.3) is 0 Å². The topological polar surface area (TPSA) is 59.9 Å². The highest BCUT2D eigenvalue weighted by Gasteiger charge is 2.24. The van der Waals surface area contributed by atoms with E-state index in [4.69, 9.17) is 4.74 Å². The molecule has 0 atom stereocenters. The molecule has 19 heavy (non-hydrogen) atoms. The molecule has 2 rings (SSSR count). The fraction of sp³-hybridized carbons (Fsp3) is 0.462. The van der Waals surface area contributed by atoms with Crippen molar-refractivity contribution in [2.45, 2.75) is 33.2 Å². The van der Waals surface area contributed by atoms with Gasteiger partial charge in [-0.1, -0.05) is 0 Å². The van der Waals surface area contributed by atoms with Crippen LogP contribution in [0.2, 0.25) is 0 Å². The van der Waals surface area contributed by atoms with Crippen LogP contribution in [0.5, 0.6) is 5.88 Å². The molecule has 0 aliphatic rings. The fourth-order valence-electron chi connectivity index (χ4n) is 1.68. The molecule has 0 bridgehead atoms. The minimum Gasteiger partial charge on any atom is -0.478 e. The maximum Gasteiger partial charge on any atom is 0.226 e. The number of hydrogen-bond acceptors (Lipinski definition) is 6.